The molecule has 2 atom stereocenters. The molecule has 1 rings (SSSR count). The summed E-state index contributed by atoms with van der Waals surface area (Å²) in [6.07, 6.45) is -0.356. The molecule has 19 heavy (non-hydrogen) atoms. The zero-order valence-electron chi connectivity index (χ0n) is 11.0. The maximum absolute atomic E-state index is 13.5. The first-order valence-corrected chi connectivity index (χ1v) is 5.95. The minimum atomic E-state index is -0.760. The molecular weight excluding hydrogens is 254 g/mol. The molecule has 1 amide bonds. The largest absolute Gasteiger partial charge is 0.380 e. The van der Waals surface area contributed by atoms with Crippen LogP contribution in [-0.4, -0.2) is 25.7 Å². The first-order valence-electron chi connectivity index (χ1n) is 5.95. The van der Waals surface area contributed by atoms with E-state index in [2.05, 4.69) is 5.32 Å². The maximum atomic E-state index is 13.5. The lowest BCUT2D eigenvalue weighted by Gasteiger charge is -2.18. The number of carbonyl (C=O) groups excluding carboxylic acids is 1. The van der Waals surface area contributed by atoms with Crippen molar-refractivity contribution in [3.05, 3.63) is 35.4 Å². The Morgan fingerprint density at radius 3 is 2.47 bits per heavy atom. The monoisotopic (exact) mass is 272 g/mol. The average Bonchev–Trinajstić information content (AvgIpc) is 2.35. The van der Waals surface area contributed by atoms with E-state index in [9.17, 15) is 13.6 Å². The highest BCUT2D eigenvalue weighted by atomic mass is 19.1. The number of ether oxygens (including phenoxy) is 1. The number of benzene rings is 1. The molecule has 0 radical (unpaired) electrons. The van der Waals surface area contributed by atoms with Crippen LogP contribution in [-0.2, 0) is 9.53 Å². The highest BCUT2D eigenvalue weighted by molar-refractivity contribution is 5.77. The number of methoxy groups -OCH3 is 1. The molecule has 0 aliphatic heterocycles. The van der Waals surface area contributed by atoms with Crippen LogP contribution in [0.2, 0.25) is 0 Å². The quantitative estimate of drug-likeness (QED) is 0.825. The minimum absolute atomic E-state index is 0.0490. The highest BCUT2D eigenvalue weighted by Crippen LogP contribution is 2.20. The van der Waals surface area contributed by atoms with Gasteiger partial charge in [0.05, 0.1) is 18.6 Å². The van der Waals surface area contributed by atoms with E-state index in [4.69, 9.17) is 10.5 Å². The lowest BCUT2D eigenvalue weighted by molar-refractivity contribution is -0.124. The van der Waals surface area contributed by atoms with Gasteiger partial charge in [0, 0.05) is 19.2 Å². The van der Waals surface area contributed by atoms with Crippen LogP contribution >= 0.6 is 0 Å². The molecule has 0 aliphatic carbocycles. The van der Waals surface area contributed by atoms with E-state index >= 15 is 0 Å². The van der Waals surface area contributed by atoms with E-state index in [-0.39, 0.29) is 24.4 Å². The van der Waals surface area contributed by atoms with Gasteiger partial charge in [-0.05, 0) is 19.1 Å². The van der Waals surface area contributed by atoms with Crippen LogP contribution in [0.5, 0.6) is 0 Å². The number of halogens is 2. The maximum Gasteiger partial charge on any atom is 0.223 e. The summed E-state index contributed by atoms with van der Waals surface area (Å²) in [5, 5.41) is 2.52. The molecule has 3 N–H and O–H groups in total. The van der Waals surface area contributed by atoms with E-state index in [1.807, 2.05) is 0 Å². The van der Waals surface area contributed by atoms with Crippen molar-refractivity contribution in [1.29, 1.82) is 0 Å². The van der Waals surface area contributed by atoms with E-state index in [1.165, 1.54) is 20.1 Å². The molecule has 0 heterocycles. The van der Waals surface area contributed by atoms with Gasteiger partial charge in [-0.1, -0.05) is 6.07 Å². The Hall–Kier alpha value is -1.53. The molecule has 1 aromatic carbocycles. The fraction of sp³-hybridized carbons (Fsp3) is 0.462. The Morgan fingerprint density at radius 1 is 1.42 bits per heavy atom. The number of rotatable bonds is 6. The third kappa shape index (κ3) is 4.25. The first kappa shape index (κ1) is 15.5. The van der Waals surface area contributed by atoms with E-state index < -0.39 is 23.8 Å². The molecule has 0 spiro atoms. The fourth-order valence-electron chi connectivity index (χ4n) is 1.77. The van der Waals surface area contributed by atoms with Crippen molar-refractivity contribution in [3.8, 4) is 0 Å². The molecule has 1 aromatic rings. The van der Waals surface area contributed by atoms with Crippen molar-refractivity contribution in [1.82, 2.24) is 5.32 Å². The van der Waals surface area contributed by atoms with Crippen molar-refractivity contribution in [2.75, 3.05) is 13.7 Å². The fourth-order valence-corrected chi connectivity index (χ4v) is 1.77. The van der Waals surface area contributed by atoms with Gasteiger partial charge < -0.3 is 15.8 Å². The van der Waals surface area contributed by atoms with Crippen LogP contribution in [0.25, 0.3) is 0 Å². The van der Waals surface area contributed by atoms with Gasteiger partial charge in [0.25, 0.3) is 0 Å². The molecule has 4 nitrogen and oxygen atoms in total. The average molecular weight is 272 g/mol. The summed E-state index contributed by atoms with van der Waals surface area (Å²) in [6.45, 7) is 1.72. The lowest BCUT2D eigenvalue weighted by Crippen LogP contribution is -2.34. The van der Waals surface area contributed by atoms with E-state index in [0.29, 0.717) is 0 Å². The van der Waals surface area contributed by atoms with Gasteiger partial charge in [0.2, 0.25) is 5.91 Å². The smallest absolute Gasteiger partial charge is 0.223 e. The van der Waals surface area contributed by atoms with Crippen molar-refractivity contribution in [2.45, 2.75) is 25.5 Å². The summed E-state index contributed by atoms with van der Waals surface area (Å²) in [5.74, 6) is -1.74. The Balaban J connectivity index is 2.69. The molecule has 0 saturated carbocycles. The van der Waals surface area contributed by atoms with Crippen molar-refractivity contribution >= 4 is 5.91 Å². The topological polar surface area (TPSA) is 64.3 Å². The van der Waals surface area contributed by atoms with Crippen LogP contribution in [0.4, 0.5) is 8.78 Å². The summed E-state index contributed by atoms with van der Waals surface area (Å²) in [4.78, 5) is 11.7. The predicted octanol–water partition coefficient (Wildman–Crippen LogP) is 1.51. The van der Waals surface area contributed by atoms with Crippen molar-refractivity contribution in [2.24, 2.45) is 5.73 Å². The summed E-state index contributed by atoms with van der Waals surface area (Å²) < 4.78 is 32.0. The molecule has 0 aliphatic rings. The molecule has 2 unspecified atom stereocenters. The lowest BCUT2D eigenvalue weighted by atomic mass is 10.1. The van der Waals surface area contributed by atoms with Gasteiger partial charge in [-0.3, -0.25) is 4.79 Å². The van der Waals surface area contributed by atoms with Crippen LogP contribution in [0.15, 0.2) is 18.2 Å². The van der Waals surface area contributed by atoms with E-state index in [1.54, 1.807) is 0 Å². The van der Waals surface area contributed by atoms with Crippen LogP contribution in [0, 0.1) is 11.6 Å². The van der Waals surface area contributed by atoms with E-state index in [0.717, 1.165) is 12.1 Å². The van der Waals surface area contributed by atoms with Crippen LogP contribution in [0.3, 0.4) is 0 Å². The second-order valence-corrected chi connectivity index (χ2v) is 4.22. The third-order valence-electron chi connectivity index (χ3n) is 2.82. The second kappa shape index (κ2) is 7.16. The van der Waals surface area contributed by atoms with Crippen molar-refractivity contribution < 1.29 is 18.3 Å². The summed E-state index contributed by atoms with van der Waals surface area (Å²) >= 11 is 0. The van der Waals surface area contributed by atoms with Crippen LogP contribution in [0.1, 0.15) is 24.9 Å². The normalized spacial score (nSPS) is 13.9. The number of amides is 1. The standard InChI is InChI=1S/C13H18F2N2O2/c1-8(13-10(14)4-3-5-11(13)15)17-12(18)6-9(7-16)19-2/h3-5,8-9H,6-7,16H2,1-2H3,(H,17,18). The molecule has 0 bridgehead atoms. The van der Waals surface area contributed by atoms with Crippen molar-refractivity contribution in [3.63, 3.8) is 0 Å². The van der Waals surface area contributed by atoms with Gasteiger partial charge in [-0.25, -0.2) is 8.78 Å². The molecular formula is C13H18F2N2O2. The second-order valence-electron chi connectivity index (χ2n) is 4.22. The summed E-state index contributed by atoms with van der Waals surface area (Å²) in [5.41, 5.74) is 5.24. The zero-order valence-corrected chi connectivity index (χ0v) is 11.0. The highest BCUT2D eigenvalue weighted by Gasteiger charge is 2.19. The molecule has 0 aromatic heterocycles. The van der Waals surface area contributed by atoms with Gasteiger partial charge in [-0.15, -0.1) is 0 Å². The number of carbonyl (C=O) groups is 1. The van der Waals surface area contributed by atoms with Gasteiger partial charge in [0.15, 0.2) is 0 Å². The molecule has 0 saturated heterocycles. The minimum Gasteiger partial charge on any atom is -0.380 e. The Morgan fingerprint density at radius 2 is 2.00 bits per heavy atom. The molecule has 0 fully saturated rings. The third-order valence-corrected chi connectivity index (χ3v) is 2.82. The summed E-state index contributed by atoms with van der Waals surface area (Å²) in [7, 11) is 1.45. The molecule has 6 heteroatoms. The number of hydrogen-bond donors (Lipinski definition) is 2. The van der Waals surface area contributed by atoms with Crippen LogP contribution < -0.4 is 11.1 Å². The zero-order chi connectivity index (χ0) is 14.4. The molecule has 106 valence electrons. The SMILES string of the molecule is COC(CN)CC(=O)NC(C)c1c(F)cccc1F. The van der Waals surface area contributed by atoms with Gasteiger partial charge in [0.1, 0.15) is 11.6 Å². The number of nitrogens with one attached hydrogen (secondary N) is 1. The Kier molecular flexibility index (Phi) is 5.85. The van der Waals surface area contributed by atoms with Gasteiger partial charge in [-0.2, -0.15) is 0 Å². The first-order chi connectivity index (χ1) is 8.99. The Bertz CT molecular complexity index is 416. The predicted molar refractivity (Wildman–Crippen MR) is 67.4 cm³/mol. The summed E-state index contributed by atoms with van der Waals surface area (Å²) in [6, 6.07) is 2.82. The Labute approximate surface area is 110 Å². The number of nitrogens with two attached hydrogens (primary N) is 1. The van der Waals surface area contributed by atoms with Gasteiger partial charge >= 0.3 is 0 Å². The number of hydrogen-bond acceptors (Lipinski definition) is 3.